The molecule has 0 heterocycles. The quantitative estimate of drug-likeness (QED) is 0.897. The molecule has 1 rings (SSSR count). The van der Waals surface area contributed by atoms with Crippen LogP contribution in [0.25, 0.3) is 0 Å². The van der Waals surface area contributed by atoms with E-state index in [9.17, 15) is 5.11 Å². The first-order chi connectivity index (χ1) is 6.72. The Kier molecular flexibility index (Phi) is 4.44. The molecule has 0 spiro atoms. The molecule has 1 aromatic rings. The van der Waals surface area contributed by atoms with Crippen molar-refractivity contribution in [2.45, 2.75) is 12.5 Å². The first-order valence-electron chi connectivity index (χ1n) is 4.16. The van der Waals surface area contributed by atoms with Crippen molar-refractivity contribution in [3.63, 3.8) is 0 Å². The fourth-order valence-electron chi connectivity index (χ4n) is 0.888. The topological polar surface area (TPSA) is 53.2 Å². The summed E-state index contributed by atoms with van der Waals surface area (Å²) in [5, 5.41) is 17.5. The maximum absolute atomic E-state index is 9.21. The Labute approximate surface area is 91.1 Å². The van der Waals surface area contributed by atoms with Gasteiger partial charge in [-0.15, -0.1) is 0 Å². The second-order valence-electron chi connectivity index (χ2n) is 2.78. The van der Waals surface area contributed by atoms with Crippen molar-refractivity contribution in [1.82, 2.24) is 0 Å². The maximum Gasteiger partial charge on any atom is 0.119 e. The molecule has 1 N–H and O–H groups in total. The van der Waals surface area contributed by atoms with Gasteiger partial charge in [-0.25, -0.2) is 0 Å². The first-order valence-corrected chi connectivity index (χ1v) is 4.95. The van der Waals surface area contributed by atoms with Crippen LogP contribution in [0.5, 0.6) is 5.75 Å². The predicted molar refractivity (Wildman–Crippen MR) is 55.9 cm³/mol. The lowest BCUT2D eigenvalue weighted by molar-refractivity contribution is 0.111. The van der Waals surface area contributed by atoms with E-state index in [0.717, 1.165) is 4.47 Å². The summed E-state index contributed by atoms with van der Waals surface area (Å²) < 4.78 is 6.23. The van der Waals surface area contributed by atoms with Crippen LogP contribution in [0.4, 0.5) is 0 Å². The van der Waals surface area contributed by atoms with Crippen LogP contribution < -0.4 is 4.74 Å². The van der Waals surface area contributed by atoms with Gasteiger partial charge >= 0.3 is 0 Å². The zero-order valence-electron chi connectivity index (χ0n) is 7.48. The molecule has 0 aliphatic carbocycles. The lowest BCUT2D eigenvalue weighted by Crippen LogP contribution is -2.16. The molecule has 0 bridgehead atoms. The summed E-state index contributed by atoms with van der Waals surface area (Å²) in [6, 6.07) is 9.17. The SMILES string of the molecule is N#CC[C@H](O)COc1ccc(Br)cc1. The summed E-state index contributed by atoms with van der Waals surface area (Å²) in [6.07, 6.45) is -0.625. The van der Waals surface area contributed by atoms with Crippen LogP contribution in [-0.2, 0) is 0 Å². The largest absolute Gasteiger partial charge is 0.491 e. The minimum absolute atomic E-state index is 0.0938. The number of nitriles is 1. The van der Waals surface area contributed by atoms with Crippen molar-refractivity contribution in [3.05, 3.63) is 28.7 Å². The number of ether oxygens (including phenoxy) is 1. The summed E-state index contributed by atoms with van der Waals surface area (Å²) >= 11 is 3.30. The van der Waals surface area contributed by atoms with Crippen LogP contribution >= 0.6 is 15.9 Å². The average molecular weight is 256 g/mol. The van der Waals surface area contributed by atoms with Crippen molar-refractivity contribution in [3.8, 4) is 11.8 Å². The summed E-state index contributed by atoms with van der Waals surface area (Å²) in [6.45, 7) is 0.148. The lowest BCUT2D eigenvalue weighted by Gasteiger charge is -2.08. The number of halogens is 1. The van der Waals surface area contributed by atoms with Gasteiger partial charge in [-0.1, -0.05) is 15.9 Å². The summed E-state index contributed by atoms with van der Waals surface area (Å²) in [7, 11) is 0. The van der Waals surface area contributed by atoms with Crippen LogP contribution in [0.1, 0.15) is 6.42 Å². The highest BCUT2D eigenvalue weighted by Crippen LogP contribution is 2.16. The van der Waals surface area contributed by atoms with Crippen molar-refractivity contribution >= 4 is 15.9 Å². The Bertz CT molecular complexity index is 318. The first kappa shape index (κ1) is 11.0. The Morgan fingerprint density at radius 3 is 2.64 bits per heavy atom. The fraction of sp³-hybridized carbons (Fsp3) is 0.300. The highest BCUT2D eigenvalue weighted by Gasteiger charge is 2.03. The van der Waals surface area contributed by atoms with E-state index in [0.29, 0.717) is 5.75 Å². The molecule has 1 aromatic carbocycles. The van der Waals surface area contributed by atoms with E-state index in [-0.39, 0.29) is 13.0 Å². The number of hydrogen-bond donors (Lipinski definition) is 1. The third kappa shape index (κ3) is 3.77. The van der Waals surface area contributed by atoms with Gasteiger partial charge in [0.05, 0.1) is 12.5 Å². The monoisotopic (exact) mass is 255 g/mol. The Balaban J connectivity index is 2.39. The minimum atomic E-state index is -0.719. The molecular weight excluding hydrogens is 246 g/mol. The molecule has 0 aliphatic heterocycles. The molecule has 0 radical (unpaired) electrons. The zero-order valence-corrected chi connectivity index (χ0v) is 9.07. The summed E-state index contributed by atoms with van der Waals surface area (Å²) in [4.78, 5) is 0. The summed E-state index contributed by atoms with van der Waals surface area (Å²) in [5.74, 6) is 0.685. The number of nitrogens with zero attached hydrogens (tertiary/aromatic N) is 1. The Hall–Kier alpha value is -1.05. The van der Waals surface area contributed by atoms with E-state index in [1.165, 1.54) is 0 Å². The lowest BCUT2D eigenvalue weighted by atomic mass is 10.3. The number of benzene rings is 1. The highest BCUT2D eigenvalue weighted by molar-refractivity contribution is 9.10. The molecular formula is C10H10BrNO2. The Morgan fingerprint density at radius 1 is 1.43 bits per heavy atom. The molecule has 0 amide bonds. The highest BCUT2D eigenvalue weighted by atomic mass is 79.9. The van der Waals surface area contributed by atoms with E-state index in [4.69, 9.17) is 10.00 Å². The molecule has 14 heavy (non-hydrogen) atoms. The molecule has 0 saturated heterocycles. The number of aliphatic hydroxyl groups excluding tert-OH is 1. The van der Waals surface area contributed by atoms with E-state index in [2.05, 4.69) is 15.9 Å². The molecule has 4 heteroatoms. The zero-order chi connectivity index (χ0) is 10.4. The number of rotatable bonds is 4. The predicted octanol–water partition coefficient (Wildman–Crippen LogP) is 2.10. The minimum Gasteiger partial charge on any atom is -0.491 e. The fourth-order valence-corrected chi connectivity index (χ4v) is 1.15. The van der Waals surface area contributed by atoms with Gasteiger partial charge in [0.25, 0.3) is 0 Å². The third-order valence-electron chi connectivity index (χ3n) is 1.58. The average Bonchev–Trinajstić information content (AvgIpc) is 2.17. The third-order valence-corrected chi connectivity index (χ3v) is 2.11. The number of aliphatic hydroxyl groups is 1. The van der Waals surface area contributed by atoms with Crippen molar-refractivity contribution < 1.29 is 9.84 Å². The van der Waals surface area contributed by atoms with E-state index in [1.807, 2.05) is 18.2 Å². The second-order valence-corrected chi connectivity index (χ2v) is 3.70. The molecule has 3 nitrogen and oxygen atoms in total. The van der Waals surface area contributed by atoms with E-state index >= 15 is 0 Å². The van der Waals surface area contributed by atoms with Crippen LogP contribution in [0.15, 0.2) is 28.7 Å². The van der Waals surface area contributed by atoms with Gasteiger partial charge in [0.2, 0.25) is 0 Å². The van der Waals surface area contributed by atoms with Gasteiger partial charge in [0.15, 0.2) is 0 Å². The van der Waals surface area contributed by atoms with E-state index < -0.39 is 6.10 Å². The molecule has 1 atom stereocenters. The van der Waals surface area contributed by atoms with Crippen LogP contribution in [0.2, 0.25) is 0 Å². The standard InChI is InChI=1S/C10H10BrNO2/c11-8-1-3-10(4-2-8)14-7-9(13)5-6-12/h1-4,9,13H,5,7H2/t9-/m0/s1. The summed E-state index contributed by atoms with van der Waals surface area (Å²) in [5.41, 5.74) is 0. The van der Waals surface area contributed by atoms with Crippen molar-refractivity contribution in [1.29, 1.82) is 5.26 Å². The second kappa shape index (κ2) is 5.63. The number of hydrogen-bond acceptors (Lipinski definition) is 3. The van der Waals surface area contributed by atoms with Gasteiger partial charge in [-0.2, -0.15) is 5.26 Å². The maximum atomic E-state index is 9.21. The van der Waals surface area contributed by atoms with Gasteiger partial charge in [0, 0.05) is 4.47 Å². The van der Waals surface area contributed by atoms with Crippen molar-refractivity contribution in [2.24, 2.45) is 0 Å². The molecule has 0 aliphatic rings. The van der Waals surface area contributed by atoms with Gasteiger partial charge in [-0.3, -0.25) is 0 Å². The molecule has 0 fully saturated rings. The Morgan fingerprint density at radius 2 is 2.07 bits per heavy atom. The molecule has 0 saturated carbocycles. The molecule has 0 aromatic heterocycles. The van der Waals surface area contributed by atoms with Crippen LogP contribution in [-0.4, -0.2) is 17.8 Å². The normalized spacial score (nSPS) is 11.8. The molecule has 0 unspecified atom stereocenters. The van der Waals surface area contributed by atoms with Crippen LogP contribution in [0, 0.1) is 11.3 Å². The van der Waals surface area contributed by atoms with Crippen molar-refractivity contribution in [2.75, 3.05) is 6.61 Å². The van der Waals surface area contributed by atoms with Crippen LogP contribution in [0.3, 0.4) is 0 Å². The van der Waals surface area contributed by atoms with E-state index in [1.54, 1.807) is 12.1 Å². The smallest absolute Gasteiger partial charge is 0.119 e. The van der Waals surface area contributed by atoms with Gasteiger partial charge in [-0.05, 0) is 24.3 Å². The van der Waals surface area contributed by atoms with Gasteiger partial charge < -0.3 is 9.84 Å². The molecule has 74 valence electrons. The van der Waals surface area contributed by atoms with Gasteiger partial charge in [0.1, 0.15) is 18.5 Å².